The topological polar surface area (TPSA) is 21.3 Å². The quantitative estimate of drug-likeness (QED) is 0.153. The average Bonchev–Trinajstić information content (AvgIpc) is 3.91. The minimum atomic E-state index is 0.900. The van der Waals surface area contributed by atoms with E-state index in [2.05, 4.69) is 240 Å². The van der Waals surface area contributed by atoms with Crippen molar-refractivity contribution in [3.05, 3.63) is 243 Å². The van der Waals surface area contributed by atoms with Crippen LogP contribution in [-0.4, -0.2) is 4.57 Å². The van der Waals surface area contributed by atoms with Crippen LogP contribution in [0, 0.1) is 0 Å². The fourth-order valence-electron chi connectivity index (χ4n) is 9.35. The minimum absolute atomic E-state index is 0.900. The molecule has 0 radical (unpaired) electrons. The Hall–Kier alpha value is -8.40. The molecule has 0 saturated carbocycles. The highest BCUT2D eigenvalue weighted by molar-refractivity contribution is 6.11. The van der Waals surface area contributed by atoms with Gasteiger partial charge in [0.1, 0.15) is 11.2 Å². The van der Waals surface area contributed by atoms with Gasteiger partial charge in [-0.25, -0.2) is 0 Å². The molecular formula is C60H40N2O. The molecule has 2 heterocycles. The maximum Gasteiger partial charge on any atom is 0.143 e. The van der Waals surface area contributed by atoms with Gasteiger partial charge in [0.2, 0.25) is 0 Å². The fraction of sp³-hybridized carbons (Fsp3) is 0. The van der Waals surface area contributed by atoms with E-state index in [1.807, 2.05) is 12.1 Å². The maximum atomic E-state index is 6.48. The van der Waals surface area contributed by atoms with Crippen molar-refractivity contribution in [2.75, 3.05) is 4.90 Å². The molecule has 0 bridgehead atoms. The Morgan fingerprint density at radius 1 is 0.302 bits per heavy atom. The summed E-state index contributed by atoms with van der Waals surface area (Å²) < 4.78 is 8.87. The summed E-state index contributed by atoms with van der Waals surface area (Å²) in [5.41, 5.74) is 17.6. The Kier molecular flexibility index (Phi) is 8.83. The summed E-state index contributed by atoms with van der Waals surface area (Å²) in [5.74, 6) is 0. The molecule has 0 saturated heterocycles. The second-order valence-corrected chi connectivity index (χ2v) is 16.1. The monoisotopic (exact) mass is 804 g/mol. The summed E-state index contributed by atoms with van der Waals surface area (Å²) in [6.45, 7) is 0. The Morgan fingerprint density at radius 3 is 1.54 bits per heavy atom. The van der Waals surface area contributed by atoms with Crippen molar-refractivity contribution >= 4 is 60.8 Å². The van der Waals surface area contributed by atoms with E-state index in [1.54, 1.807) is 0 Å². The lowest BCUT2D eigenvalue weighted by atomic mass is 9.96. The normalized spacial score (nSPS) is 11.5. The van der Waals surface area contributed by atoms with Crippen LogP contribution in [0.1, 0.15) is 0 Å². The van der Waals surface area contributed by atoms with Crippen LogP contribution in [0.25, 0.3) is 93.9 Å². The van der Waals surface area contributed by atoms with Crippen molar-refractivity contribution < 1.29 is 4.42 Å². The van der Waals surface area contributed by atoms with Gasteiger partial charge in [-0.3, -0.25) is 0 Å². The van der Waals surface area contributed by atoms with Crippen molar-refractivity contribution in [1.29, 1.82) is 0 Å². The molecule has 0 fully saturated rings. The molecule has 0 aliphatic heterocycles. The lowest BCUT2D eigenvalue weighted by molar-refractivity contribution is 0.670. The van der Waals surface area contributed by atoms with Crippen molar-refractivity contribution in [1.82, 2.24) is 4.57 Å². The Labute approximate surface area is 366 Å². The molecule has 12 rings (SSSR count). The van der Waals surface area contributed by atoms with E-state index < -0.39 is 0 Å². The number of benzene rings is 10. The van der Waals surface area contributed by atoms with Gasteiger partial charge in [-0.05, 0) is 112 Å². The van der Waals surface area contributed by atoms with Crippen LogP contribution in [0.4, 0.5) is 17.1 Å². The van der Waals surface area contributed by atoms with Crippen molar-refractivity contribution in [2.24, 2.45) is 0 Å². The van der Waals surface area contributed by atoms with Gasteiger partial charge in [-0.15, -0.1) is 0 Å². The number of furan rings is 1. The summed E-state index contributed by atoms with van der Waals surface area (Å²) in [4.78, 5) is 2.38. The molecule has 0 aliphatic rings. The van der Waals surface area contributed by atoms with Crippen LogP contribution < -0.4 is 4.90 Å². The highest BCUT2D eigenvalue weighted by Gasteiger charge is 2.19. The molecule has 3 nitrogen and oxygen atoms in total. The highest BCUT2D eigenvalue weighted by Crippen LogP contribution is 2.43. The third kappa shape index (κ3) is 6.46. The zero-order valence-electron chi connectivity index (χ0n) is 34.4. The number of aromatic nitrogens is 1. The third-order valence-electron chi connectivity index (χ3n) is 12.4. The molecule has 3 heteroatoms. The molecule has 0 N–H and O–H groups in total. The van der Waals surface area contributed by atoms with E-state index >= 15 is 0 Å². The lowest BCUT2D eigenvalue weighted by Crippen LogP contribution is -2.10. The number of nitrogens with zero attached hydrogens (tertiary/aromatic N) is 2. The number of hydrogen-bond donors (Lipinski definition) is 0. The summed E-state index contributed by atoms with van der Waals surface area (Å²) in [5, 5.41) is 4.73. The largest absolute Gasteiger partial charge is 0.455 e. The van der Waals surface area contributed by atoms with Gasteiger partial charge in [0.05, 0.1) is 11.0 Å². The molecule has 12 aromatic rings. The van der Waals surface area contributed by atoms with Gasteiger partial charge in [0.25, 0.3) is 0 Å². The Bertz CT molecular complexity index is 3590. The van der Waals surface area contributed by atoms with Gasteiger partial charge < -0.3 is 13.9 Å². The molecule has 296 valence electrons. The van der Waals surface area contributed by atoms with Crippen molar-refractivity contribution in [3.8, 4) is 50.2 Å². The fourth-order valence-corrected chi connectivity index (χ4v) is 9.35. The van der Waals surface area contributed by atoms with E-state index in [-0.39, 0.29) is 0 Å². The lowest BCUT2D eigenvalue weighted by Gasteiger charge is -2.27. The zero-order chi connectivity index (χ0) is 41.7. The first-order valence-electron chi connectivity index (χ1n) is 21.5. The van der Waals surface area contributed by atoms with Gasteiger partial charge in [-0.1, -0.05) is 170 Å². The first kappa shape index (κ1) is 36.5. The smallest absolute Gasteiger partial charge is 0.143 e. The van der Waals surface area contributed by atoms with Crippen LogP contribution in [0.3, 0.4) is 0 Å². The number of fused-ring (bicyclic) bond motifs is 6. The predicted molar refractivity (Wildman–Crippen MR) is 264 cm³/mol. The Balaban J connectivity index is 1.04. The van der Waals surface area contributed by atoms with E-state index in [4.69, 9.17) is 4.42 Å². The summed E-state index contributed by atoms with van der Waals surface area (Å²) in [6.07, 6.45) is 0. The van der Waals surface area contributed by atoms with Crippen molar-refractivity contribution in [2.45, 2.75) is 0 Å². The second-order valence-electron chi connectivity index (χ2n) is 16.1. The van der Waals surface area contributed by atoms with Crippen LogP contribution in [0.5, 0.6) is 0 Å². The standard InChI is InChI=1S/C60H40N2O/c1-4-15-41(16-5-1)43-27-32-49(33-28-43)61(50-34-29-44(30-35-50)52-23-14-24-56-55-22-11-13-26-59(55)63-60(52)56)51-38-46(42-17-6-2-7-18-42)37-47(39-51)45-31-36-54-53-21-10-12-25-57(53)62(58(54)40-45)48-19-8-3-9-20-48/h1-40H. The number of anilines is 3. The van der Waals surface area contributed by atoms with E-state index in [1.165, 1.54) is 32.9 Å². The number of para-hydroxylation sites is 4. The van der Waals surface area contributed by atoms with Gasteiger partial charge in [0.15, 0.2) is 0 Å². The summed E-state index contributed by atoms with van der Waals surface area (Å²) in [6, 6.07) is 87.2. The Morgan fingerprint density at radius 2 is 0.825 bits per heavy atom. The second kappa shape index (κ2) is 15.3. The molecule has 0 aliphatic carbocycles. The number of rotatable bonds is 8. The first-order chi connectivity index (χ1) is 31.2. The van der Waals surface area contributed by atoms with Crippen LogP contribution in [0.15, 0.2) is 247 Å². The molecule has 0 atom stereocenters. The number of hydrogen-bond acceptors (Lipinski definition) is 2. The SMILES string of the molecule is c1ccc(-c2ccc(N(c3ccc(-c4cccc5c4oc4ccccc45)cc3)c3cc(-c4ccccc4)cc(-c4ccc5c6ccccc6n(-c6ccccc6)c5c4)c3)cc2)cc1. The van der Waals surface area contributed by atoms with Crippen LogP contribution in [0.2, 0.25) is 0 Å². The van der Waals surface area contributed by atoms with Crippen LogP contribution >= 0.6 is 0 Å². The van der Waals surface area contributed by atoms with Gasteiger partial charge in [-0.2, -0.15) is 0 Å². The first-order valence-corrected chi connectivity index (χ1v) is 21.5. The molecule has 63 heavy (non-hydrogen) atoms. The zero-order valence-corrected chi connectivity index (χ0v) is 34.4. The van der Waals surface area contributed by atoms with E-state index in [9.17, 15) is 0 Å². The third-order valence-corrected chi connectivity index (χ3v) is 12.4. The average molecular weight is 805 g/mol. The summed E-state index contributed by atoms with van der Waals surface area (Å²) >= 11 is 0. The molecule has 0 amide bonds. The molecule has 2 aromatic heterocycles. The van der Waals surface area contributed by atoms with E-state index in [0.29, 0.717) is 0 Å². The van der Waals surface area contributed by atoms with Gasteiger partial charge in [0, 0.05) is 49.9 Å². The highest BCUT2D eigenvalue weighted by atomic mass is 16.3. The predicted octanol–water partition coefficient (Wildman–Crippen LogP) is 16.8. The van der Waals surface area contributed by atoms with Crippen LogP contribution in [-0.2, 0) is 0 Å². The molecule has 0 unspecified atom stereocenters. The minimum Gasteiger partial charge on any atom is -0.455 e. The molecule has 0 spiro atoms. The van der Waals surface area contributed by atoms with E-state index in [0.717, 1.165) is 78.1 Å². The summed E-state index contributed by atoms with van der Waals surface area (Å²) in [7, 11) is 0. The van der Waals surface area contributed by atoms with Crippen molar-refractivity contribution in [3.63, 3.8) is 0 Å². The molecular weight excluding hydrogens is 765 g/mol. The molecule has 10 aromatic carbocycles. The maximum absolute atomic E-state index is 6.48. The van der Waals surface area contributed by atoms with Gasteiger partial charge >= 0.3 is 0 Å².